The molecule has 2 heterocycles. The molecule has 0 aliphatic carbocycles. The highest BCUT2D eigenvalue weighted by atomic mass is 127. The predicted molar refractivity (Wildman–Crippen MR) is 132 cm³/mol. The van der Waals surface area contributed by atoms with E-state index in [1.54, 1.807) is 0 Å². The lowest BCUT2D eigenvalue weighted by atomic mass is 9.97. The molecule has 2 N–H and O–H groups in total. The summed E-state index contributed by atoms with van der Waals surface area (Å²) in [4.78, 5) is 8.90. The number of nitrogens with one attached hydrogen (secondary N) is 2. The maximum absolute atomic E-state index is 4.85. The first-order valence-corrected chi connectivity index (χ1v) is 11.0. The highest BCUT2D eigenvalue weighted by Crippen LogP contribution is 2.20. The second-order valence-electron chi connectivity index (χ2n) is 7.18. The largest absolute Gasteiger partial charge is 0.357 e. The van der Waals surface area contributed by atoms with E-state index < -0.39 is 0 Å². The number of aliphatic imine (C=N–C) groups is 1. The Morgan fingerprint density at radius 2 is 1.89 bits per heavy atom. The van der Waals surface area contributed by atoms with Gasteiger partial charge in [-0.05, 0) is 62.2 Å². The van der Waals surface area contributed by atoms with Gasteiger partial charge in [0, 0.05) is 31.1 Å². The molecule has 0 radical (unpaired) electrons. The van der Waals surface area contributed by atoms with Crippen LogP contribution in [0.5, 0.6) is 0 Å². The van der Waals surface area contributed by atoms with Crippen molar-refractivity contribution < 1.29 is 0 Å². The first-order chi connectivity index (χ1) is 13.3. The Labute approximate surface area is 190 Å². The van der Waals surface area contributed by atoms with E-state index in [0.717, 1.165) is 38.6 Å². The highest BCUT2D eigenvalue weighted by molar-refractivity contribution is 14.0. The summed E-state index contributed by atoms with van der Waals surface area (Å²) in [6.07, 6.45) is 3.52. The van der Waals surface area contributed by atoms with Gasteiger partial charge >= 0.3 is 0 Å². The lowest BCUT2D eigenvalue weighted by Crippen LogP contribution is -2.39. The number of piperidine rings is 1. The van der Waals surface area contributed by atoms with Gasteiger partial charge in [0.15, 0.2) is 5.96 Å². The molecule has 6 heteroatoms. The molecule has 0 saturated carbocycles. The molecular formula is C22H33IN4S. The van der Waals surface area contributed by atoms with Crippen LogP contribution in [0.1, 0.15) is 30.2 Å². The van der Waals surface area contributed by atoms with Gasteiger partial charge < -0.3 is 10.6 Å². The molecule has 154 valence electrons. The molecule has 1 aliphatic heterocycles. The van der Waals surface area contributed by atoms with E-state index >= 15 is 0 Å². The minimum absolute atomic E-state index is 0. The van der Waals surface area contributed by atoms with Gasteiger partial charge in [-0.25, -0.2) is 0 Å². The number of hydrogen-bond acceptors (Lipinski definition) is 3. The molecule has 1 aliphatic rings. The molecule has 3 rings (SSSR count). The van der Waals surface area contributed by atoms with Gasteiger partial charge in [0.2, 0.25) is 0 Å². The summed E-state index contributed by atoms with van der Waals surface area (Å²) in [5, 5.41) is 9.02. The van der Waals surface area contributed by atoms with Crippen molar-refractivity contribution in [2.75, 3.05) is 32.7 Å². The van der Waals surface area contributed by atoms with Gasteiger partial charge in [0.05, 0.1) is 0 Å². The van der Waals surface area contributed by atoms with Crippen LogP contribution in [0.4, 0.5) is 0 Å². The van der Waals surface area contributed by atoms with Crippen LogP contribution in [-0.2, 0) is 13.0 Å². The van der Waals surface area contributed by atoms with E-state index in [1.165, 1.54) is 36.4 Å². The van der Waals surface area contributed by atoms with Crippen LogP contribution >= 0.6 is 35.3 Å². The summed E-state index contributed by atoms with van der Waals surface area (Å²) in [5.41, 5.74) is 1.36. The molecular weight excluding hydrogens is 479 g/mol. The zero-order valence-electron chi connectivity index (χ0n) is 16.8. The maximum atomic E-state index is 4.85. The minimum Gasteiger partial charge on any atom is -0.357 e. The van der Waals surface area contributed by atoms with Gasteiger partial charge in [-0.2, -0.15) is 0 Å². The summed E-state index contributed by atoms with van der Waals surface area (Å²) >= 11 is 1.86. The van der Waals surface area contributed by atoms with E-state index in [1.807, 2.05) is 11.3 Å². The number of nitrogens with zero attached hydrogens (tertiary/aromatic N) is 2. The van der Waals surface area contributed by atoms with Crippen molar-refractivity contribution in [3.63, 3.8) is 0 Å². The fourth-order valence-electron chi connectivity index (χ4n) is 3.48. The fourth-order valence-corrected chi connectivity index (χ4v) is 4.23. The van der Waals surface area contributed by atoms with Crippen LogP contribution in [-0.4, -0.2) is 43.6 Å². The van der Waals surface area contributed by atoms with Crippen molar-refractivity contribution in [2.45, 2.75) is 32.7 Å². The van der Waals surface area contributed by atoms with Crippen molar-refractivity contribution in [1.29, 1.82) is 0 Å². The molecule has 0 spiro atoms. The number of thiophene rings is 1. The number of rotatable bonds is 8. The Kier molecular flexibility index (Phi) is 10.9. The Hall–Kier alpha value is -1.12. The molecule has 1 aromatic heterocycles. The number of benzene rings is 1. The van der Waals surface area contributed by atoms with Crippen LogP contribution in [0.3, 0.4) is 0 Å². The Morgan fingerprint density at radius 3 is 2.57 bits per heavy atom. The normalized spacial score (nSPS) is 15.8. The van der Waals surface area contributed by atoms with Crippen molar-refractivity contribution in [2.24, 2.45) is 10.9 Å². The lowest BCUT2D eigenvalue weighted by Gasteiger charge is -2.31. The van der Waals surface area contributed by atoms with Crippen molar-refractivity contribution in [3.8, 4) is 0 Å². The summed E-state index contributed by atoms with van der Waals surface area (Å²) in [6, 6.07) is 15.0. The van der Waals surface area contributed by atoms with Crippen molar-refractivity contribution >= 4 is 41.3 Å². The molecule has 0 atom stereocenters. The van der Waals surface area contributed by atoms with Gasteiger partial charge in [-0.15, -0.1) is 35.3 Å². The monoisotopic (exact) mass is 512 g/mol. The molecule has 0 amide bonds. The topological polar surface area (TPSA) is 39.7 Å². The average molecular weight is 513 g/mol. The first-order valence-electron chi connectivity index (χ1n) is 10.1. The molecule has 2 aromatic rings. The maximum Gasteiger partial charge on any atom is 0.191 e. The third kappa shape index (κ3) is 8.09. The van der Waals surface area contributed by atoms with Crippen LogP contribution < -0.4 is 10.6 Å². The van der Waals surface area contributed by atoms with Crippen molar-refractivity contribution in [3.05, 3.63) is 58.3 Å². The minimum atomic E-state index is 0. The van der Waals surface area contributed by atoms with Gasteiger partial charge in [-0.1, -0.05) is 36.4 Å². The summed E-state index contributed by atoms with van der Waals surface area (Å²) < 4.78 is 0. The van der Waals surface area contributed by atoms with E-state index in [0.29, 0.717) is 5.92 Å². The number of guanidine groups is 1. The van der Waals surface area contributed by atoms with Crippen molar-refractivity contribution in [1.82, 2.24) is 15.5 Å². The standard InChI is InChI=1S/C22H32N4S.HI/c1-2-23-22(24-13-10-19-7-4-3-5-8-19)25-17-20-11-14-26(15-12-20)18-21-9-6-16-27-21;/h3-9,16,20H,2,10-15,17-18H2,1H3,(H2,23,24,25);1H. The van der Waals surface area contributed by atoms with Gasteiger partial charge in [0.1, 0.15) is 0 Å². The zero-order valence-corrected chi connectivity index (χ0v) is 19.9. The molecule has 1 aromatic carbocycles. The third-order valence-corrected chi connectivity index (χ3v) is 5.93. The fraction of sp³-hybridized carbons (Fsp3) is 0.500. The SMILES string of the molecule is CCNC(=NCC1CCN(Cc2cccs2)CC1)NCCc1ccccc1.I. The molecule has 28 heavy (non-hydrogen) atoms. The molecule has 1 fully saturated rings. The van der Waals surface area contributed by atoms with E-state index in [-0.39, 0.29) is 24.0 Å². The second-order valence-corrected chi connectivity index (χ2v) is 8.21. The number of hydrogen-bond donors (Lipinski definition) is 2. The number of likely N-dealkylation sites (tertiary alicyclic amines) is 1. The summed E-state index contributed by atoms with van der Waals surface area (Å²) in [6.45, 7) is 8.35. The van der Waals surface area contributed by atoms with Crippen LogP contribution in [0, 0.1) is 5.92 Å². The second kappa shape index (κ2) is 13.2. The smallest absolute Gasteiger partial charge is 0.191 e. The van der Waals surface area contributed by atoms with Gasteiger partial charge in [-0.3, -0.25) is 9.89 Å². The van der Waals surface area contributed by atoms with E-state index in [9.17, 15) is 0 Å². The Bertz CT molecular complexity index is 667. The lowest BCUT2D eigenvalue weighted by molar-refractivity contribution is 0.182. The quantitative estimate of drug-likeness (QED) is 0.314. The van der Waals surface area contributed by atoms with Crippen LogP contribution in [0.15, 0.2) is 52.8 Å². The van der Waals surface area contributed by atoms with E-state index in [4.69, 9.17) is 4.99 Å². The average Bonchev–Trinajstić information content (AvgIpc) is 3.21. The predicted octanol–water partition coefficient (Wildman–Crippen LogP) is 4.38. The molecule has 1 saturated heterocycles. The first kappa shape index (κ1) is 23.2. The number of halogens is 1. The summed E-state index contributed by atoms with van der Waals surface area (Å²) in [5.74, 6) is 1.66. The molecule has 0 bridgehead atoms. The molecule has 4 nitrogen and oxygen atoms in total. The highest BCUT2D eigenvalue weighted by Gasteiger charge is 2.19. The van der Waals surface area contributed by atoms with Crippen LogP contribution in [0.2, 0.25) is 0 Å². The zero-order chi connectivity index (χ0) is 18.7. The Morgan fingerprint density at radius 1 is 1.11 bits per heavy atom. The molecule has 0 unspecified atom stereocenters. The van der Waals surface area contributed by atoms with Gasteiger partial charge in [0.25, 0.3) is 0 Å². The van der Waals surface area contributed by atoms with E-state index in [2.05, 4.69) is 70.3 Å². The van der Waals surface area contributed by atoms with Crippen LogP contribution in [0.25, 0.3) is 0 Å². The summed E-state index contributed by atoms with van der Waals surface area (Å²) in [7, 11) is 0. The third-order valence-electron chi connectivity index (χ3n) is 5.07. The Balaban J connectivity index is 0.00000280.